The number of rotatable bonds is 1. The van der Waals surface area contributed by atoms with Gasteiger partial charge in [-0.3, -0.25) is 0 Å². The minimum Gasteiger partial charge on any atom is -0.0863 e. The van der Waals surface area contributed by atoms with Crippen LogP contribution in [0.4, 0.5) is 5.69 Å². The summed E-state index contributed by atoms with van der Waals surface area (Å²) >= 11 is 3.20. The first-order valence-electron chi connectivity index (χ1n) is 3.57. The molecule has 64 valence electrons. The summed E-state index contributed by atoms with van der Waals surface area (Å²) in [5.41, 5.74) is 9.64. The molecular weight excluding hydrogens is 230 g/mol. The summed E-state index contributed by atoms with van der Waals surface area (Å²) < 4.78 is 0. The molecule has 0 spiro atoms. The summed E-state index contributed by atoms with van der Waals surface area (Å²) in [5, 5.41) is 4.11. The third kappa shape index (κ3) is 3.20. The standard InChI is InChI=1S/C9H6BrN3/c10-6-2-4-8-3-1-5-9(7-8)12-13-11/h1,3,5,7H,6H2. The van der Waals surface area contributed by atoms with Gasteiger partial charge in [0.25, 0.3) is 0 Å². The zero-order chi connectivity index (χ0) is 9.52. The fraction of sp³-hybridized carbons (Fsp3) is 0.111. The molecule has 0 amide bonds. The second-order valence-corrected chi connectivity index (χ2v) is 2.74. The van der Waals surface area contributed by atoms with Crippen molar-refractivity contribution >= 4 is 21.6 Å². The van der Waals surface area contributed by atoms with Crippen LogP contribution in [-0.2, 0) is 0 Å². The smallest absolute Gasteiger partial charge is 0.0649 e. The molecule has 0 radical (unpaired) electrons. The Bertz CT molecular complexity index is 397. The van der Waals surface area contributed by atoms with Crippen molar-refractivity contribution in [1.29, 1.82) is 0 Å². The van der Waals surface area contributed by atoms with Crippen molar-refractivity contribution in [3.63, 3.8) is 0 Å². The van der Waals surface area contributed by atoms with Crippen LogP contribution in [0.15, 0.2) is 29.4 Å². The van der Waals surface area contributed by atoms with E-state index in [4.69, 9.17) is 5.53 Å². The van der Waals surface area contributed by atoms with Crippen molar-refractivity contribution in [2.24, 2.45) is 5.11 Å². The average Bonchev–Trinajstić information content (AvgIpc) is 2.16. The summed E-state index contributed by atoms with van der Waals surface area (Å²) in [6.45, 7) is 0. The van der Waals surface area contributed by atoms with Crippen LogP contribution < -0.4 is 0 Å². The van der Waals surface area contributed by atoms with Crippen LogP contribution in [0.3, 0.4) is 0 Å². The predicted molar refractivity (Wildman–Crippen MR) is 55.9 cm³/mol. The zero-order valence-corrected chi connectivity index (χ0v) is 8.32. The van der Waals surface area contributed by atoms with Gasteiger partial charge in [-0.1, -0.05) is 45.0 Å². The van der Waals surface area contributed by atoms with E-state index in [9.17, 15) is 0 Å². The molecule has 0 fully saturated rings. The fourth-order valence-electron chi connectivity index (χ4n) is 0.833. The quantitative estimate of drug-likeness (QED) is 0.236. The molecule has 0 heterocycles. The highest BCUT2D eigenvalue weighted by molar-refractivity contribution is 9.09. The van der Waals surface area contributed by atoms with Gasteiger partial charge in [0.15, 0.2) is 0 Å². The van der Waals surface area contributed by atoms with Gasteiger partial charge in [-0.2, -0.15) is 0 Å². The number of azide groups is 1. The minimum atomic E-state index is 0.587. The highest BCUT2D eigenvalue weighted by Gasteiger charge is 1.88. The monoisotopic (exact) mass is 235 g/mol. The molecule has 0 saturated heterocycles. The average molecular weight is 236 g/mol. The van der Waals surface area contributed by atoms with E-state index in [-0.39, 0.29) is 0 Å². The lowest BCUT2D eigenvalue weighted by Crippen LogP contribution is -1.72. The molecule has 4 heteroatoms. The topological polar surface area (TPSA) is 48.8 Å². The number of halogens is 1. The summed E-state index contributed by atoms with van der Waals surface area (Å²) in [7, 11) is 0. The van der Waals surface area contributed by atoms with Crippen LogP contribution in [0.2, 0.25) is 0 Å². The lowest BCUT2D eigenvalue weighted by Gasteiger charge is -1.91. The normalized spacial score (nSPS) is 8.08. The third-order valence-corrected chi connectivity index (χ3v) is 1.59. The second-order valence-electron chi connectivity index (χ2n) is 2.18. The van der Waals surface area contributed by atoms with Gasteiger partial charge in [0.2, 0.25) is 0 Å². The van der Waals surface area contributed by atoms with Gasteiger partial charge < -0.3 is 0 Å². The molecule has 0 aliphatic rings. The van der Waals surface area contributed by atoms with Crippen LogP contribution in [-0.4, -0.2) is 5.33 Å². The summed E-state index contributed by atoms with van der Waals surface area (Å²) in [6.07, 6.45) is 0. The first kappa shape index (κ1) is 9.66. The maximum Gasteiger partial charge on any atom is 0.0649 e. The Balaban J connectivity index is 2.98. The van der Waals surface area contributed by atoms with Crippen molar-refractivity contribution < 1.29 is 0 Å². The maximum absolute atomic E-state index is 8.20. The Kier molecular flexibility index (Phi) is 3.90. The van der Waals surface area contributed by atoms with Gasteiger partial charge in [0.1, 0.15) is 0 Å². The highest BCUT2D eigenvalue weighted by atomic mass is 79.9. The molecule has 3 nitrogen and oxygen atoms in total. The lowest BCUT2D eigenvalue weighted by molar-refractivity contribution is 1.46. The third-order valence-electron chi connectivity index (χ3n) is 1.31. The minimum absolute atomic E-state index is 0.587. The van der Waals surface area contributed by atoms with E-state index in [0.29, 0.717) is 11.0 Å². The molecule has 0 aliphatic carbocycles. The Morgan fingerprint density at radius 3 is 3.08 bits per heavy atom. The first-order chi connectivity index (χ1) is 6.36. The van der Waals surface area contributed by atoms with E-state index in [1.807, 2.05) is 12.1 Å². The predicted octanol–water partition coefficient (Wildman–Crippen LogP) is 3.37. The summed E-state index contributed by atoms with van der Waals surface area (Å²) in [4.78, 5) is 2.69. The summed E-state index contributed by atoms with van der Waals surface area (Å²) in [5.74, 6) is 5.78. The molecule has 0 unspecified atom stereocenters. The maximum atomic E-state index is 8.20. The van der Waals surface area contributed by atoms with Crippen LogP contribution >= 0.6 is 15.9 Å². The lowest BCUT2D eigenvalue weighted by atomic mass is 10.2. The van der Waals surface area contributed by atoms with Crippen molar-refractivity contribution in [3.05, 3.63) is 40.3 Å². The van der Waals surface area contributed by atoms with E-state index in [1.54, 1.807) is 12.1 Å². The molecule has 0 bridgehead atoms. The second kappa shape index (κ2) is 5.26. The molecule has 1 rings (SSSR count). The van der Waals surface area contributed by atoms with Gasteiger partial charge in [-0.25, -0.2) is 0 Å². The number of alkyl halides is 1. The SMILES string of the molecule is [N-]=[N+]=Nc1cccc(C#CCBr)c1. The van der Waals surface area contributed by atoms with Crippen molar-refractivity contribution in [2.45, 2.75) is 0 Å². The number of nitrogens with zero attached hydrogens (tertiary/aromatic N) is 3. The number of hydrogen-bond acceptors (Lipinski definition) is 1. The van der Waals surface area contributed by atoms with Crippen molar-refractivity contribution in [3.8, 4) is 11.8 Å². The van der Waals surface area contributed by atoms with Crippen molar-refractivity contribution in [2.75, 3.05) is 5.33 Å². The fourth-order valence-corrected chi connectivity index (χ4v) is 0.973. The molecule has 13 heavy (non-hydrogen) atoms. The van der Waals surface area contributed by atoms with Crippen LogP contribution in [0.1, 0.15) is 5.56 Å². The van der Waals surface area contributed by atoms with Gasteiger partial charge in [-0.05, 0) is 17.7 Å². The molecule has 0 atom stereocenters. The largest absolute Gasteiger partial charge is 0.0863 e. The molecule has 0 aromatic heterocycles. The highest BCUT2D eigenvalue weighted by Crippen LogP contribution is 2.13. The van der Waals surface area contributed by atoms with E-state index < -0.39 is 0 Å². The van der Waals surface area contributed by atoms with E-state index in [0.717, 1.165) is 5.56 Å². The molecule has 0 aliphatic heterocycles. The van der Waals surface area contributed by atoms with Gasteiger partial charge in [0, 0.05) is 16.2 Å². The first-order valence-corrected chi connectivity index (χ1v) is 4.69. The summed E-state index contributed by atoms with van der Waals surface area (Å²) in [6, 6.07) is 7.16. The molecule has 1 aromatic rings. The molecule has 1 aromatic carbocycles. The van der Waals surface area contributed by atoms with Crippen LogP contribution in [0.25, 0.3) is 10.4 Å². The van der Waals surface area contributed by atoms with Gasteiger partial charge in [-0.15, -0.1) is 0 Å². The Morgan fingerprint density at radius 2 is 2.38 bits per heavy atom. The van der Waals surface area contributed by atoms with E-state index in [1.165, 1.54) is 0 Å². The molecule has 0 saturated carbocycles. The Hall–Kier alpha value is -1.43. The molecular formula is C9H6BrN3. The molecule has 0 N–H and O–H groups in total. The Morgan fingerprint density at radius 1 is 1.54 bits per heavy atom. The van der Waals surface area contributed by atoms with Crippen LogP contribution in [0, 0.1) is 11.8 Å². The van der Waals surface area contributed by atoms with Gasteiger partial charge in [0.05, 0.1) is 5.33 Å². The van der Waals surface area contributed by atoms with E-state index in [2.05, 4.69) is 37.8 Å². The number of hydrogen-bond donors (Lipinski definition) is 0. The van der Waals surface area contributed by atoms with Crippen molar-refractivity contribution in [1.82, 2.24) is 0 Å². The van der Waals surface area contributed by atoms with Gasteiger partial charge >= 0.3 is 0 Å². The van der Waals surface area contributed by atoms with E-state index >= 15 is 0 Å². The van der Waals surface area contributed by atoms with Crippen LogP contribution in [0.5, 0.6) is 0 Å². The Labute approximate surface area is 84.5 Å². The number of benzene rings is 1. The zero-order valence-electron chi connectivity index (χ0n) is 6.74.